The second kappa shape index (κ2) is 6.59. The zero-order chi connectivity index (χ0) is 12.8. The van der Waals surface area contributed by atoms with E-state index in [1.165, 1.54) is 16.0 Å². The van der Waals surface area contributed by atoms with Crippen molar-refractivity contribution in [1.82, 2.24) is 5.43 Å². The number of hydrogen-bond acceptors (Lipinski definition) is 3. The Labute approximate surface area is 113 Å². The summed E-state index contributed by atoms with van der Waals surface area (Å²) in [5, 5.41) is 0. The molecule has 0 aromatic heterocycles. The van der Waals surface area contributed by atoms with Crippen LogP contribution in [0, 0.1) is 6.92 Å². The zero-order valence-corrected chi connectivity index (χ0v) is 11.3. The molecular weight excluding hydrogens is 240 g/mol. The Morgan fingerprint density at radius 3 is 2.33 bits per heavy atom. The maximum atomic E-state index is 5.64. The van der Waals surface area contributed by atoms with Gasteiger partial charge in [-0.15, -0.1) is 11.8 Å². The first-order chi connectivity index (χ1) is 8.79. The number of rotatable bonds is 5. The molecular formula is C15H18N2S. The Hall–Kier alpha value is -1.29. The van der Waals surface area contributed by atoms with E-state index in [1.54, 1.807) is 0 Å². The van der Waals surface area contributed by atoms with Gasteiger partial charge in [0.25, 0.3) is 0 Å². The summed E-state index contributed by atoms with van der Waals surface area (Å²) >= 11 is 1.81. The van der Waals surface area contributed by atoms with Crippen LogP contribution < -0.4 is 11.3 Å². The quantitative estimate of drug-likeness (QED) is 0.491. The van der Waals surface area contributed by atoms with Crippen molar-refractivity contribution in [2.45, 2.75) is 17.9 Å². The molecule has 0 saturated carbocycles. The van der Waals surface area contributed by atoms with Crippen LogP contribution in [0.1, 0.15) is 17.2 Å². The molecule has 2 nitrogen and oxygen atoms in total. The minimum absolute atomic E-state index is 0.177. The van der Waals surface area contributed by atoms with Crippen molar-refractivity contribution in [3.63, 3.8) is 0 Å². The van der Waals surface area contributed by atoms with Gasteiger partial charge in [-0.2, -0.15) is 0 Å². The third-order valence-corrected chi connectivity index (χ3v) is 3.95. The van der Waals surface area contributed by atoms with E-state index in [4.69, 9.17) is 5.84 Å². The molecule has 2 rings (SSSR count). The predicted molar refractivity (Wildman–Crippen MR) is 78.4 cm³/mol. The maximum Gasteiger partial charge on any atom is 0.0553 e. The summed E-state index contributed by atoms with van der Waals surface area (Å²) in [6.07, 6.45) is 0. The molecule has 0 aliphatic rings. The lowest BCUT2D eigenvalue weighted by Gasteiger charge is -2.16. The summed E-state index contributed by atoms with van der Waals surface area (Å²) in [5.41, 5.74) is 5.38. The van der Waals surface area contributed by atoms with Crippen LogP contribution in [0.5, 0.6) is 0 Å². The fraction of sp³-hybridized carbons (Fsp3) is 0.200. The van der Waals surface area contributed by atoms with Gasteiger partial charge in [-0.25, -0.2) is 0 Å². The van der Waals surface area contributed by atoms with Gasteiger partial charge in [0.2, 0.25) is 0 Å². The average molecular weight is 258 g/mol. The molecule has 0 amide bonds. The summed E-state index contributed by atoms with van der Waals surface area (Å²) in [4.78, 5) is 1.27. The molecule has 0 radical (unpaired) electrons. The highest BCUT2D eigenvalue weighted by Crippen LogP contribution is 2.24. The van der Waals surface area contributed by atoms with Crippen LogP contribution in [0.3, 0.4) is 0 Å². The fourth-order valence-electron chi connectivity index (χ4n) is 1.74. The van der Waals surface area contributed by atoms with Crippen LogP contribution in [-0.4, -0.2) is 5.75 Å². The molecule has 3 heteroatoms. The second-order valence-electron chi connectivity index (χ2n) is 4.25. The standard InChI is InChI=1S/C15H18N2S/c1-12-7-9-13(10-8-12)15(17-16)11-18-14-5-3-2-4-6-14/h2-10,15,17H,11,16H2,1H3. The Morgan fingerprint density at radius 1 is 1.06 bits per heavy atom. The lowest BCUT2D eigenvalue weighted by Crippen LogP contribution is -2.29. The van der Waals surface area contributed by atoms with Gasteiger partial charge in [0.15, 0.2) is 0 Å². The van der Waals surface area contributed by atoms with E-state index in [2.05, 4.69) is 60.9 Å². The lowest BCUT2D eigenvalue weighted by molar-refractivity contribution is 0.610. The first kappa shape index (κ1) is 13.1. The number of thioether (sulfide) groups is 1. The summed E-state index contributed by atoms with van der Waals surface area (Å²) < 4.78 is 0. The number of aryl methyl sites for hydroxylation is 1. The van der Waals surface area contributed by atoms with Crippen molar-refractivity contribution >= 4 is 11.8 Å². The molecule has 2 aromatic rings. The van der Waals surface area contributed by atoms with Gasteiger partial charge < -0.3 is 0 Å². The van der Waals surface area contributed by atoms with Gasteiger partial charge in [-0.3, -0.25) is 11.3 Å². The summed E-state index contributed by atoms with van der Waals surface area (Å²) in [7, 11) is 0. The minimum atomic E-state index is 0.177. The van der Waals surface area contributed by atoms with Gasteiger partial charge in [-0.1, -0.05) is 48.0 Å². The van der Waals surface area contributed by atoms with Crippen LogP contribution in [0.4, 0.5) is 0 Å². The summed E-state index contributed by atoms with van der Waals surface area (Å²) in [6, 6.07) is 19.0. The predicted octanol–water partition coefficient (Wildman–Crippen LogP) is 3.29. The molecule has 2 aromatic carbocycles. The van der Waals surface area contributed by atoms with E-state index in [1.807, 2.05) is 17.8 Å². The van der Waals surface area contributed by atoms with Gasteiger partial charge in [0.1, 0.15) is 0 Å². The highest BCUT2D eigenvalue weighted by atomic mass is 32.2. The van der Waals surface area contributed by atoms with Gasteiger partial charge in [0, 0.05) is 10.6 Å². The monoisotopic (exact) mass is 258 g/mol. The smallest absolute Gasteiger partial charge is 0.0553 e. The topological polar surface area (TPSA) is 38.0 Å². The molecule has 18 heavy (non-hydrogen) atoms. The molecule has 0 spiro atoms. The van der Waals surface area contributed by atoms with Crippen molar-refractivity contribution in [2.24, 2.45) is 5.84 Å². The molecule has 0 fully saturated rings. The fourth-order valence-corrected chi connectivity index (χ4v) is 2.73. The molecule has 94 valence electrons. The Balaban J connectivity index is 1.99. The van der Waals surface area contributed by atoms with E-state index in [0.29, 0.717) is 0 Å². The maximum absolute atomic E-state index is 5.64. The van der Waals surface area contributed by atoms with E-state index in [0.717, 1.165) is 5.75 Å². The normalized spacial score (nSPS) is 12.3. The number of hydrogen-bond donors (Lipinski definition) is 2. The van der Waals surface area contributed by atoms with E-state index in [-0.39, 0.29) is 6.04 Å². The van der Waals surface area contributed by atoms with Crippen LogP contribution >= 0.6 is 11.8 Å². The Kier molecular flexibility index (Phi) is 4.81. The third-order valence-electron chi connectivity index (χ3n) is 2.84. The number of benzene rings is 2. The largest absolute Gasteiger partial charge is 0.271 e. The van der Waals surface area contributed by atoms with E-state index >= 15 is 0 Å². The SMILES string of the molecule is Cc1ccc(C(CSc2ccccc2)NN)cc1. The highest BCUT2D eigenvalue weighted by molar-refractivity contribution is 7.99. The zero-order valence-electron chi connectivity index (χ0n) is 10.5. The Bertz CT molecular complexity index is 468. The number of nitrogens with one attached hydrogen (secondary N) is 1. The van der Waals surface area contributed by atoms with Gasteiger partial charge in [-0.05, 0) is 24.6 Å². The molecule has 1 unspecified atom stereocenters. The summed E-state index contributed by atoms with van der Waals surface area (Å²) in [5.74, 6) is 6.56. The van der Waals surface area contributed by atoms with Crippen molar-refractivity contribution in [3.05, 3.63) is 65.7 Å². The van der Waals surface area contributed by atoms with Crippen LogP contribution in [0.25, 0.3) is 0 Å². The number of hydrazine groups is 1. The molecule has 0 aliphatic heterocycles. The second-order valence-corrected chi connectivity index (χ2v) is 5.35. The Morgan fingerprint density at radius 2 is 1.72 bits per heavy atom. The average Bonchev–Trinajstić information content (AvgIpc) is 2.42. The van der Waals surface area contributed by atoms with Crippen molar-refractivity contribution in [1.29, 1.82) is 0 Å². The van der Waals surface area contributed by atoms with Crippen molar-refractivity contribution in [3.8, 4) is 0 Å². The van der Waals surface area contributed by atoms with Gasteiger partial charge >= 0.3 is 0 Å². The van der Waals surface area contributed by atoms with Crippen LogP contribution in [0.15, 0.2) is 59.5 Å². The molecule has 0 aliphatic carbocycles. The first-order valence-corrected chi connectivity index (χ1v) is 6.98. The van der Waals surface area contributed by atoms with Gasteiger partial charge in [0.05, 0.1) is 6.04 Å². The highest BCUT2D eigenvalue weighted by Gasteiger charge is 2.09. The van der Waals surface area contributed by atoms with E-state index in [9.17, 15) is 0 Å². The molecule has 3 N–H and O–H groups in total. The van der Waals surface area contributed by atoms with E-state index < -0.39 is 0 Å². The molecule has 1 atom stereocenters. The molecule has 0 saturated heterocycles. The lowest BCUT2D eigenvalue weighted by atomic mass is 10.1. The summed E-state index contributed by atoms with van der Waals surface area (Å²) in [6.45, 7) is 2.09. The molecule has 0 heterocycles. The van der Waals surface area contributed by atoms with Crippen LogP contribution in [0.2, 0.25) is 0 Å². The van der Waals surface area contributed by atoms with Crippen molar-refractivity contribution < 1.29 is 0 Å². The first-order valence-electron chi connectivity index (χ1n) is 6.00. The van der Waals surface area contributed by atoms with Crippen molar-refractivity contribution in [2.75, 3.05) is 5.75 Å². The third kappa shape index (κ3) is 3.60. The van der Waals surface area contributed by atoms with Crippen LogP contribution in [-0.2, 0) is 0 Å². The minimum Gasteiger partial charge on any atom is -0.271 e. The number of nitrogens with two attached hydrogens (primary N) is 1. The molecule has 0 bridgehead atoms.